The number of hydrogen-bond acceptors (Lipinski definition) is 5. The average molecular weight is 221 g/mol. The molecule has 0 N–H and O–H groups in total. The molecule has 0 amide bonds. The summed E-state index contributed by atoms with van der Waals surface area (Å²) in [5.41, 5.74) is -1.28. The minimum atomic E-state index is -0.967. The van der Waals surface area contributed by atoms with E-state index in [0.717, 1.165) is 0 Å². The maximum Gasteiger partial charge on any atom is 0.415 e. The molecular formula is C10H7NO5. The molecule has 0 spiro atoms. The van der Waals surface area contributed by atoms with Crippen molar-refractivity contribution in [2.75, 3.05) is 7.11 Å². The van der Waals surface area contributed by atoms with Crippen LogP contribution in [0.2, 0.25) is 0 Å². The standard InChI is InChI=1S/C10H7NO5/c1-15-7-3-2-6-4-8(11(13)14)10(12)16-9(6)5-7/h2-5H,1H3. The number of nitrogens with zero attached hydrogens (tertiary/aromatic N) is 1. The van der Waals surface area contributed by atoms with Crippen LogP contribution in [0.1, 0.15) is 0 Å². The van der Waals surface area contributed by atoms with Gasteiger partial charge in [0.05, 0.1) is 12.0 Å². The number of ether oxygens (including phenoxy) is 1. The topological polar surface area (TPSA) is 82.6 Å². The van der Waals surface area contributed by atoms with Crippen molar-refractivity contribution in [2.45, 2.75) is 0 Å². The third-order valence-electron chi connectivity index (χ3n) is 2.12. The molecule has 0 aliphatic carbocycles. The van der Waals surface area contributed by atoms with Crippen molar-refractivity contribution in [3.63, 3.8) is 0 Å². The summed E-state index contributed by atoms with van der Waals surface area (Å²) in [6, 6.07) is 5.90. The summed E-state index contributed by atoms with van der Waals surface area (Å²) in [5, 5.41) is 11.0. The average Bonchev–Trinajstić information content (AvgIpc) is 2.27. The van der Waals surface area contributed by atoms with E-state index in [4.69, 9.17) is 9.15 Å². The van der Waals surface area contributed by atoms with E-state index in [9.17, 15) is 14.9 Å². The number of fused-ring (bicyclic) bond motifs is 1. The predicted octanol–water partition coefficient (Wildman–Crippen LogP) is 1.71. The molecule has 0 fully saturated rings. The van der Waals surface area contributed by atoms with Crippen LogP contribution in [-0.4, -0.2) is 12.0 Å². The van der Waals surface area contributed by atoms with Crippen molar-refractivity contribution < 1.29 is 14.1 Å². The second kappa shape index (κ2) is 3.65. The van der Waals surface area contributed by atoms with Gasteiger partial charge in [0.25, 0.3) is 0 Å². The van der Waals surface area contributed by atoms with Gasteiger partial charge in [-0.3, -0.25) is 10.1 Å². The first-order valence-electron chi connectivity index (χ1n) is 4.38. The summed E-state index contributed by atoms with van der Waals surface area (Å²) in [4.78, 5) is 21.0. The maximum absolute atomic E-state index is 11.2. The fourth-order valence-electron chi connectivity index (χ4n) is 1.33. The lowest BCUT2D eigenvalue weighted by molar-refractivity contribution is -0.387. The lowest BCUT2D eigenvalue weighted by Gasteiger charge is -2.00. The van der Waals surface area contributed by atoms with Crippen molar-refractivity contribution in [1.29, 1.82) is 0 Å². The molecule has 0 saturated heterocycles. The van der Waals surface area contributed by atoms with Crippen molar-refractivity contribution in [3.05, 3.63) is 44.8 Å². The van der Waals surface area contributed by atoms with Gasteiger partial charge in [0.2, 0.25) is 0 Å². The molecule has 0 radical (unpaired) electrons. The fourth-order valence-corrected chi connectivity index (χ4v) is 1.33. The largest absolute Gasteiger partial charge is 0.497 e. The Morgan fingerprint density at radius 3 is 2.75 bits per heavy atom. The first-order valence-corrected chi connectivity index (χ1v) is 4.38. The van der Waals surface area contributed by atoms with Crippen LogP contribution < -0.4 is 10.4 Å². The van der Waals surface area contributed by atoms with Crippen LogP contribution in [0.15, 0.2) is 33.5 Å². The quantitative estimate of drug-likeness (QED) is 0.438. The molecule has 6 heteroatoms. The zero-order chi connectivity index (χ0) is 11.7. The number of nitro groups is 1. The highest BCUT2D eigenvalue weighted by Gasteiger charge is 2.15. The molecule has 2 aromatic rings. The van der Waals surface area contributed by atoms with Crippen molar-refractivity contribution >= 4 is 16.7 Å². The lowest BCUT2D eigenvalue weighted by Crippen LogP contribution is -2.05. The van der Waals surface area contributed by atoms with Crippen LogP contribution >= 0.6 is 0 Å². The summed E-state index contributed by atoms with van der Waals surface area (Å²) in [6.45, 7) is 0. The first-order chi connectivity index (χ1) is 7.61. The molecular weight excluding hydrogens is 214 g/mol. The minimum Gasteiger partial charge on any atom is -0.497 e. The molecule has 1 heterocycles. The van der Waals surface area contributed by atoms with E-state index in [0.29, 0.717) is 11.1 Å². The van der Waals surface area contributed by atoms with Crippen LogP contribution in [0.5, 0.6) is 5.75 Å². The lowest BCUT2D eigenvalue weighted by atomic mass is 10.2. The summed E-state index contributed by atoms with van der Waals surface area (Å²) >= 11 is 0. The monoisotopic (exact) mass is 221 g/mol. The van der Waals surface area contributed by atoms with Crippen LogP contribution in [0, 0.1) is 10.1 Å². The van der Waals surface area contributed by atoms with E-state index < -0.39 is 16.2 Å². The normalized spacial score (nSPS) is 10.3. The van der Waals surface area contributed by atoms with Gasteiger partial charge in [-0.25, -0.2) is 4.79 Å². The molecule has 0 aliphatic heterocycles. The summed E-state index contributed by atoms with van der Waals surface area (Å²) < 4.78 is 9.76. The Kier molecular flexibility index (Phi) is 2.32. The Balaban J connectivity index is 2.74. The predicted molar refractivity (Wildman–Crippen MR) is 55.7 cm³/mol. The van der Waals surface area contributed by atoms with Gasteiger partial charge >= 0.3 is 11.3 Å². The highest BCUT2D eigenvalue weighted by Crippen LogP contribution is 2.21. The molecule has 0 bridgehead atoms. The highest BCUT2D eigenvalue weighted by molar-refractivity contribution is 5.79. The minimum absolute atomic E-state index is 0.259. The first kappa shape index (κ1) is 10.2. The van der Waals surface area contributed by atoms with Crippen LogP contribution in [0.25, 0.3) is 11.0 Å². The Morgan fingerprint density at radius 1 is 1.38 bits per heavy atom. The number of benzene rings is 1. The van der Waals surface area contributed by atoms with Crippen LogP contribution in [0.3, 0.4) is 0 Å². The molecule has 1 aromatic heterocycles. The molecule has 0 saturated carbocycles. The zero-order valence-corrected chi connectivity index (χ0v) is 8.30. The van der Waals surface area contributed by atoms with E-state index in [-0.39, 0.29) is 5.58 Å². The van der Waals surface area contributed by atoms with Gasteiger partial charge < -0.3 is 9.15 Å². The molecule has 82 valence electrons. The number of methoxy groups -OCH3 is 1. The van der Waals surface area contributed by atoms with E-state index in [1.807, 2.05) is 0 Å². The Labute approximate surface area is 89.2 Å². The Bertz CT molecular complexity index is 616. The number of hydrogen-bond donors (Lipinski definition) is 0. The molecule has 1 aromatic carbocycles. The van der Waals surface area contributed by atoms with Crippen molar-refractivity contribution in [3.8, 4) is 5.75 Å². The van der Waals surface area contributed by atoms with Gasteiger partial charge in [0.15, 0.2) is 0 Å². The van der Waals surface area contributed by atoms with Gasteiger partial charge in [-0.1, -0.05) is 0 Å². The molecule has 2 rings (SSSR count). The van der Waals surface area contributed by atoms with E-state index in [2.05, 4.69) is 0 Å². The molecule has 6 nitrogen and oxygen atoms in total. The zero-order valence-electron chi connectivity index (χ0n) is 8.30. The van der Waals surface area contributed by atoms with Gasteiger partial charge in [-0.15, -0.1) is 0 Å². The second-order valence-corrected chi connectivity index (χ2v) is 3.08. The molecule has 0 unspecified atom stereocenters. The van der Waals surface area contributed by atoms with Crippen molar-refractivity contribution in [1.82, 2.24) is 0 Å². The summed E-state index contributed by atoms with van der Waals surface area (Å²) in [5.74, 6) is 0.518. The van der Waals surface area contributed by atoms with E-state index in [1.54, 1.807) is 12.1 Å². The van der Waals surface area contributed by atoms with E-state index in [1.165, 1.54) is 19.2 Å². The third-order valence-corrected chi connectivity index (χ3v) is 2.12. The summed E-state index contributed by atoms with van der Waals surface area (Å²) in [7, 11) is 1.48. The Hall–Kier alpha value is -2.37. The molecule has 0 aliphatic rings. The Morgan fingerprint density at radius 2 is 2.12 bits per heavy atom. The van der Waals surface area contributed by atoms with E-state index >= 15 is 0 Å². The van der Waals surface area contributed by atoms with Gasteiger partial charge in [-0.2, -0.15) is 0 Å². The molecule has 16 heavy (non-hydrogen) atoms. The second-order valence-electron chi connectivity index (χ2n) is 3.08. The van der Waals surface area contributed by atoms with Crippen LogP contribution in [-0.2, 0) is 0 Å². The fraction of sp³-hybridized carbons (Fsp3) is 0.100. The van der Waals surface area contributed by atoms with Gasteiger partial charge in [0.1, 0.15) is 11.3 Å². The SMILES string of the molecule is COc1ccc2cc([N+](=O)[O-])c(=O)oc2c1. The van der Waals surface area contributed by atoms with Crippen LogP contribution in [0.4, 0.5) is 5.69 Å². The molecule has 0 atom stereocenters. The van der Waals surface area contributed by atoms with Crippen molar-refractivity contribution in [2.24, 2.45) is 0 Å². The number of rotatable bonds is 2. The maximum atomic E-state index is 11.2. The smallest absolute Gasteiger partial charge is 0.415 e. The van der Waals surface area contributed by atoms with Gasteiger partial charge in [0, 0.05) is 17.5 Å². The third kappa shape index (κ3) is 1.60. The summed E-state index contributed by atoms with van der Waals surface area (Å²) in [6.07, 6.45) is 0. The highest BCUT2D eigenvalue weighted by atomic mass is 16.6. The van der Waals surface area contributed by atoms with Gasteiger partial charge in [-0.05, 0) is 12.1 Å².